The number of rotatable bonds is 5. The molecule has 0 radical (unpaired) electrons. The number of hydrogen-bond acceptors (Lipinski definition) is 3. The molecule has 0 aromatic carbocycles. The molecular weight excluding hydrogens is 302 g/mol. The van der Waals surface area contributed by atoms with E-state index >= 15 is 0 Å². The smallest absolute Gasteiger partial charge is 0.228 e. The first-order valence-corrected chi connectivity index (χ1v) is 8.58. The maximum Gasteiger partial charge on any atom is 0.228 e. The first-order valence-electron chi connectivity index (χ1n) is 8.58. The summed E-state index contributed by atoms with van der Waals surface area (Å²) in [6.45, 7) is 0.993. The number of nitrogens with one attached hydrogen (secondary N) is 2. The first-order chi connectivity index (χ1) is 11.8. The van der Waals surface area contributed by atoms with Crippen LogP contribution in [0.1, 0.15) is 25.7 Å². The van der Waals surface area contributed by atoms with Crippen molar-refractivity contribution < 1.29 is 4.79 Å². The van der Waals surface area contributed by atoms with Gasteiger partial charge in [0.25, 0.3) is 0 Å². The molecule has 6 heteroatoms. The minimum Gasteiger partial charge on any atom is -0.346 e. The standard InChI is InChI=1S/C18H19N5O/c24-18(12-3-4-12)22-16-7-15(14-5-6-19-17(14)21-16)13-8-20-23(10-13)9-11-1-2-11/h5-8,10-12H,1-4,9H2,(H2,19,21,22,24). The van der Waals surface area contributed by atoms with E-state index in [2.05, 4.69) is 26.6 Å². The molecular formula is C18H19N5O. The monoisotopic (exact) mass is 321 g/mol. The van der Waals surface area contributed by atoms with Crippen LogP contribution in [0.2, 0.25) is 0 Å². The molecule has 0 bridgehead atoms. The largest absolute Gasteiger partial charge is 0.346 e. The number of aromatic amines is 1. The van der Waals surface area contributed by atoms with Gasteiger partial charge in [-0.1, -0.05) is 0 Å². The number of carbonyl (C=O) groups is 1. The van der Waals surface area contributed by atoms with Gasteiger partial charge in [-0.25, -0.2) is 4.98 Å². The fourth-order valence-corrected chi connectivity index (χ4v) is 3.08. The highest BCUT2D eigenvalue weighted by atomic mass is 16.2. The zero-order valence-electron chi connectivity index (χ0n) is 13.3. The average molecular weight is 321 g/mol. The highest BCUT2D eigenvalue weighted by Crippen LogP contribution is 2.34. The quantitative estimate of drug-likeness (QED) is 0.758. The van der Waals surface area contributed by atoms with E-state index in [4.69, 9.17) is 0 Å². The van der Waals surface area contributed by atoms with Crippen molar-refractivity contribution in [3.8, 4) is 11.1 Å². The second kappa shape index (κ2) is 5.19. The van der Waals surface area contributed by atoms with Gasteiger partial charge in [-0.15, -0.1) is 0 Å². The molecule has 3 heterocycles. The number of hydrogen-bond donors (Lipinski definition) is 2. The predicted molar refractivity (Wildman–Crippen MR) is 91.4 cm³/mol. The first kappa shape index (κ1) is 13.8. The summed E-state index contributed by atoms with van der Waals surface area (Å²) in [6, 6.07) is 3.97. The van der Waals surface area contributed by atoms with Gasteiger partial charge in [0.15, 0.2) is 0 Å². The Bertz CT molecular complexity index is 917. The molecule has 3 aromatic rings. The van der Waals surface area contributed by atoms with Gasteiger partial charge in [0.1, 0.15) is 11.5 Å². The minimum atomic E-state index is 0.0729. The average Bonchev–Trinajstić information content (AvgIpc) is 3.48. The van der Waals surface area contributed by atoms with Gasteiger partial charge in [0.05, 0.1) is 6.20 Å². The molecule has 2 saturated carbocycles. The van der Waals surface area contributed by atoms with Crippen molar-refractivity contribution in [3.63, 3.8) is 0 Å². The van der Waals surface area contributed by atoms with Gasteiger partial charge in [0.2, 0.25) is 5.91 Å². The summed E-state index contributed by atoms with van der Waals surface area (Å²) < 4.78 is 2.02. The fraction of sp³-hybridized carbons (Fsp3) is 0.389. The molecule has 24 heavy (non-hydrogen) atoms. The lowest BCUT2D eigenvalue weighted by Gasteiger charge is -2.07. The van der Waals surface area contributed by atoms with Crippen LogP contribution in [0.5, 0.6) is 0 Å². The second-order valence-electron chi connectivity index (χ2n) is 6.95. The Balaban J connectivity index is 1.51. The Labute approximate surface area is 139 Å². The highest BCUT2D eigenvalue weighted by molar-refractivity contribution is 5.98. The summed E-state index contributed by atoms with van der Waals surface area (Å²) in [7, 11) is 0. The summed E-state index contributed by atoms with van der Waals surface area (Å²) in [4.78, 5) is 19.7. The van der Waals surface area contributed by atoms with Crippen molar-refractivity contribution in [2.45, 2.75) is 32.2 Å². The Hall–Kier alpha value is -2.63. The van der Waals surface area contributed by atoms with E-state index in [9.17, 15) is 4.79 Å². The SMILES string of the molecule is O=C(Nc1cc(-c2cnn(CC3CC3)c2)c2cc[nH]c2n1)C1CC1. The summed E-state index contributed by atoms with van der Waals surface area (Å²) >= 11 is 0. The molecule has 2 aliphatic carbocycles. The maximum absolute atomic E-state index is 12.1. The summed E-state index contributed by atoms with van der Waals surface area (Å²) in [5.74, 6) is 1.63. The van der Waals surface area contributed by atoms with Crippen molar-refractivity contribution in [2.75, 3.05) is 5.32 Å². The third-order valence-corrected chi connectivity index (χ3v) is 4.81. The lowest BCUT2D eigenvalue weighted by molar-refractivity contribution is -0.117. The molecule has 0 atom stereocenters. The Kier molecular flexibility index (Phi) is 2.98. The van der Waals surface area contributed by atoms with Crippen LogP contribution in [0.3, 0.4) is 0 Å². The van der Waals surface area contributed by atoms with Crippen molar-refractivity contribution in [1.82, 2.24) is 19.7 Å². The van der Waals surface area contributed by atoms with Crippen LogP contribution in [-0.4, -0.2) is 25.7 Å². The lowest BCUT2D eigenvalue weighted by atomic mass is 10.1. The molecule has 0 saturated heterocycles. The van der Waals surface area contributed by atoms with E-state index in [1.165, 1.54) is 12.8 Å². The number of H-pyrrole nitrogens is 1. The normalized spacial score (nSPS) is 17.3. The van der Waals surface area contributed by atoms with Gasteiger partial charge >= 0.3 is 0 Å². The molecule has 0 aliphatic heterocycles. The minimum absolute atomic E-state index is 0.0729. The topological polar surface area (TPSA) is 75.6 Å². The van der Waals surface area contributed by atoms with Crippen LogP contribution in [0.25, 0.3) is 22.2 Å². The predicted octanol–water partition coefficient (Wildman–Crippen LogP) is 3.18. The van der Waals surface area contributed by atoms with Crippen molar-refractivity contribution in [3.05, 3.63) is 30.7 Å². The third-order valence-electron chi connectivity index (χ3n) is 4.81. The Morgan fingerprint density at radius 3 is 3.00 bits per heavy atom. The molecule has 122 valence electrons. The van der Waals surface area contributed by atoms with Crippen LogP contribution >= 0.6 is 0 Å². The number of pyridine rings is 1. The number of nitrogens with zero attached hydrogens (tertiary/aromatic N) is 3. The van der Waals surface area contributed by atoms with Crippen LogP contribution in [0.4, 0.5) is 5.82 Å². The molecule has 5 rings (SSSR count). The number of anilines is 1. The van der Waals surface area contributed by atoms with Crippen molar-refractivity contribution >= 4 is 22.8 Å². The molecule has 2 N–H and O–H groups in total. The van der Waals surface area contributed by atoms with E-state index in [0.29, 0.717) is 5.82 Å². The van der Waals surface area contributed by atoms with E-state index in [-0.39, 0.29) is 11.8 Å². The molecule has 2 aliphatic rings. The second-order valence-corrected chi connectivity index (χ2v) is 6.95. The summed E-state index contributed by atoms with van der Waals surface area (Å²) in [5, 5.41) is 8.49. The number of amides is 1. The van der Waals surface area contributed by atoms with Gasteiger partial charge in [-0.05, 0) is 49.3 Å². The number of fused-ring (bicyclic) bond motifs is 1. The molecule has 0 spiro atoms. The van der Waals surface area contributed by atoms with Gasteiger partial charge in [-0.2, -0.15) is 5.10 Å². The fourth-order valence-electron chi connectivity index (χ4n) is 3.08. The molecule has 1 amide bonds. The number of carbonyl (C=O) groups excluding carboxylic acids is 1. The van der Waals surface area contributed by atoms with Crippen molar-refractivity contribution in [2.24, 2.45) is 11.8 Å². The van der Waals surface area contributed by atoms with Gasteiger partial charge < -0.3 is 10.3 Å². The highest BCUT2D eigenvalue weighted by Gasteiger charge is 2.30. The van der Waals surface area contributed by atoms with E-state index < -0.39 is 0 Å². The molecule has 0 unspecified atom stereocenters. The number of aromatic nitrogens is 4. The molecule has 3 aromatic heterocycles. The van der Waals surface area contributed by atoms with Crippen LogP contribution in [-0.2, 0) is 11.3 Å². The van der Waals surface area contributed by atoms with E-state index in [0.717, 1.165) is 47.5 Å². The van der Waals surface area contributed by atoms with Crippen LogP contribution in [0.15, 0.2) is 30.7 Å². The van der Waals surface area contributed by atoms with E-state index in [1.54, 1.807) is 0 Å². The lowest BCUT2D eigenvalue weighted by Crippen LogP contribution is -2.14. The Morgan fingerprint density at radius 1 is 1.33 bits per heavy atom. The maximum atomic E-state index is 12.1. The third kappa shape index (κ3) is 2.58. The summed E-state index contributed by atoms with van der Waals surface area (Å²) in [6.07, 6.45) is 10.5. The molecule has 6 nitrogen and oxygen atoms in total. The summed E-state index contributed by atoms with van der Waals surface area (Å²) in [5.41, 5.74) is 2.90. The van der Waals surface area contributed by atoms with Gasteiger partial charge in [-0.3, -0.25) is 9.48 Å². The van der Waals surface area contributed by atoms with E-state index in [1.807, 2.05) is 29.2 Å². The zero-order valence-corrected chi connectivity index (χ0v) is 13.3. The van der Waals surface area contributed by atoms with Crippen molar-refractivity contribution in [1.29, 1.82) is 0 Å². The van der Waals surface area contributed by atoms with Gasteiger partial charge in [0, 0.05) is 35.8 Å². The molecule has 2 fully saturated rings. The zero-order chi connectivity index (χ0) is 16.1. The van der Waals surface area contributed by atoms with Crippen LogP contribution < -0.4 is 5.32 Å². The Morgan fingerprint density at radius 2 is 2.21 bits per heavy atom. The van der Waals surface area contributed by atoms with Crippen LogP contribution in [0, 0.1) is 11.8 Å².